The molecule has 0 fully saturated rings. The number of H-pyrrole nitrogens is 1. The molecule has 6 heteroatoms. The Hall–Kier alpha value is -2.21. The maximum Gasteiger partial charge on any atom is 0.411 e. The first-order valence-electron chi connectivity index (χ1n) is 7.18. The van der Waals surface area contributed by atoms with Gasteiger partial charge in [0.05, 0.1) is 7.11 Å². The van der Waals surface area contributed by atoms with Crippen molar-refractivity contribution in [3.63, 3.8) is 0 Å². The molecule has 0 radical (unpaired) electrons. The van der Waals surface area contributed by atoms with E-state index >= 15 is 0 Å². The van der Waals surface area contributed by atoms with Crippen molar-refractivity contribution in [1.29, 1.82) is 0 Å². The SMILES string of the molecule is COC(=O)N(C)COc1cccc2[nH]cc(CCN(C)C)c12. The van der Waals surface area contributed by atoms with Crippen molar-refractivity contribution in [2.45, 2.75) is 6.42 Å². The molecule has 6 nitrogen and oxygen atoms in total. The molecule has 1 aromatic carbocycles. The number of rotatable bonds is 6. The van der Waals surface area contributed by atoms with Gasteiger partial charge in [0.1, 0.15) is 5.75 Å². The number of amides is 1. The van der Waals surface area contributed by atoms with Crippen LogP contribution in [0.25, 0.3) is 10.9 Å². The number of benzene rings is 1. The summed E-state index contributed by atoms with van der Waals surface area (Å²) < 4.78 is 10.5. The van der Waals surface area contributed by atoms with Crippen molar-refractivity contribution in [2.24, 2.45) is 0 Å². The molecule has 0 atom stereocenters. The largest absolute Gasteiger partial charge is 0.472 e. The minimum absolute atomic E-state index is 0.143. The average Bonchev–Trinajstić information content (AvgIpc) is 2.93. The van der Waals surface area contributed by atoms with Gasteiger partial charge < -0.3 is 19.4 Å². The first-order valence-corrected chi connectivity index (χ1v) is 7.18. The number of carbonyl (C=O) groups is 1. The molecule has 0 aliphatic rings. The minimum atomic E-state index is -0.422. The fraction of sp³-hybridized carbons (Fsp3) is 0.438. The Morgan fingerprint density at radius 2 is 2.05 bits per heavy atom. The Morgan fingerprint density at radius 1 is 1.27 bits per heavy atom. The van der Waals surface area contributed by atoms with Gasteiger partial charge in [-0.2, -0.15) is 0 Å². The number of hydrogen-bond acceptors (Lipinski definition) is 4. The molecule has 120 valence electrons. The van der Waals surface area contributed by atoms with Crippen LogP contribution in [0.2, 0.25) is 0 Å². The molecule has 1 heterocycles. The third-order valence-corrected chi connectivity index (χ3v) is 3.48. The van der Waals surface area contributed by atoms with Crippen LogP contribution in [0.15, 0.2) is 24.4 Å². The number of fused-ring (bicyclic) bond motifs is 1. The van der Waals surface area contributed by atoms with Crippen LogP contribution in [0.1, 0.15) is 5.56 Å². The number of aromatic amines is 1. The molecule has 1 N–H and O–H groups in total. The Balaban J connectivity index is 2.18. The smallest absolute Gasteiger partial charge is 0.411 e. The first kappa shape index (κ1) is 16.2. The lowest BCUT2D eigenvalue weighted by Crippen LogP contribution is -2.30. The summed E-state index contributed by atoms with van der Waals surface area (Å²) in [5.41, 5.74) is 2.24. The molecular weight excluding hydrogens is 282 g/mol. The van der Waals surface area contributed by atoms with Crippen LogP contribution in [0.4, 0.5) is 4.79 Å². The highest BCUT2D eigenvalue weighted by Gasteiger charge is 2.12. The summed E-state index contributed by atoms with van der Waals surface area (Å²) in [7, 11) is 7.09. The Kier molecular flexibility index (Phi) is 5.27. The highest BCUT2D eigenvalue weighted by molar-refractivity contribution is 5.89. The molecule has 1 aromatic heterocycles. The molecule has 0 aliphatic heterocycles. The van der Waals surface area contributed by atoms with Crippen LogP contribution in [0.5, 0.6) is 5.75 Å². The molecule has 0 bridgehead atoms. The van der Waals surface area contributed by atoms with Crippen molar-refractivity contribution in [2.75, 3.05) is 41.5 Å². The number of nitrogens with zero attached hydrogens (tertiary/aromatic N) is 2. The second kappa shape index (κ2) is 7.17. The van der Waals surface area contributed by atoms with Gasteiger partial charge in [0.25, 0.3) is 0 Å². The first-order chi connectivity index (χ1) is 10.5. The zero-order chi connectivity index (χ0) is 16.1. The third kappa shape index (κ3) is 3.71. The molecular formula is C16H23N3O3. The summed E-state index contributed by atoms with van der Waals surface area (Å²) in [4.78, 5) is 18.2. The number of aromatic nitrogens is 1. The molecule has 2 rings (SSSR count). The molecule has 0 saturated carbocycles. The number of ether oxygens (including phenoxy) is 2. The van der Waals surface area contributed by atoms with Gasteiger partial charge in [0.2, 0.25) is 0 Å². The van der Waals surface area contributed by atoms with Gasteiger partial charge in [-0.15, -0.1) is 0 Å². The standard InChI is InChI=1S/C16H23N3O3/c1-18(2)9-8-12-10-17-13-6-5-7-14(15(12)13)22-11-19(3)16(20)21-4/h5-7,10,17H,8-9,11H2,1-4H3. The predicted octanol–water partition coefficient (Wildman–Crippen LogP) is 2.31. The molecule has 0 aliphatic carbocycles. The Labute approximate surface area is 130 Å². The highest BCUT2D eigenvalue weighted by atomic mass is 16.6. The number of methoxy groups -OCH3 is 1. The normalized spacial score (nSPS) is 11.0. The minimum Gasteiger partial charge on any atom is -0.472 e. The Morgan fingerprint density at radius 3 is 2.73 bits per heavy atom. The average molecular weight is 305 g/mol. The van der Waals surface area contributed by atoms with Gasteiger partial charge in [-0.25, -0.2) is 4.79 Å². The summed E-state index contributed by atoms with van der Waals surface area (Å²) in [6.07, 6.45) is 2.53. The molecule has 1 amide bonds. The number of likely N-dealkylation sites (N-methyl/N-ethyl adjacent to an activating group) is 1. The third-order valence-electron chi connectivity index (χ3n) is 3.48. The van der Waals surface area contributed by atoms with Gasteiger partial charge in [-0.1, -0.05) is 6.07 Å². The monoisotopic (exact) mass is 305 g/mol. The van der Waals surface area contributed by atoms with Crippen LogP contribution < -0.4 is 4.74 Å². The van der Waals surface area contributed by atoms with Crippen LogP contribution in [0.3, 0.4) is 0 Å². The van der Waals surface area contributed by atoms with Gasteiger partial charge in [-0.3, -0.25) is 4.90 Å². The summed E-state index contributed by atoms with van der Waals surface area (Å²) in [5.74, 6) is 0.767. The second-order valence-electron chi connectivity index (χ2n) is 5.49. The van der Waals surface area contributed by atoms with Crippen molar-refractivity contribution >= 4 is 17.0 Å². The zero-order valence-corrected chi connectivity index (χ0v) is 13.5. The fourth-order valence-corrected chi connectivity index (χ4v) is 2.26. The molecule has 0 unspecified atom stereocenters. The van der Waals surface area contributed by atoms with E-state index in [1.54, 1.807) is 7.05 Å². The quantitative estimate of drug-likeness (QED) is 0.832. The predicted molar refractivity (Wildman–Crippen MR) is 86.2 cm³/mol. The fourth-order valence-electron chi connectivity index (χ4n) is 2.26. The van der Waals surface area contributed by atoms with E-state index in [1.165, 1.54) is 17.6 Å². The van der Waals surface area contributed by atoms with Gasteiger partial charge in [0, 0.05) is 30.7 Å². The van der Waals surface area contributed by atoms with Crippen LogP contribution in [-0.2, 0) is 11.2 Å². The van der Waals surface area contributed by atoms with Crippen molar-refractivity contribution < 1.29 is 14.3 Å². The van der Waals surface area contributed by atoms with Crippen molar-refractivity contribution in [3.8, 4) is 5.75 Å². The molecule has 2 aromatic rings. The zero-order valence-electron chi connectivity index (χ0n) is 13.5. The van der Waals surface area contributed by atoms with Crippen LogP contribution >= 0.6 is 0 Å². The van der Waals surface area contributed by atoms with E-state index in [1.807, 2.05) is 24.4 Å². The lowest BCUT2D eigenvalue weighted by Gasteiger charge is -2.17. The molecule has 0 spiro atoms. The van der Waals surface area contributed by atoms with E-state index in [4.69, 9.17) is 4.74 Å². The van der Waals surface area contributed by atoms with Gasteiger partial charge >= 0.3 is 6.09 Å². The van der Waals surface area contributed by atoms with Gasteiger partial charge in [-0.05, 0) is 38.2 Å². The molecule has 0 saturated heterocycles. The van der Waals surface area contributed by atoms with Crippen LogP contribution in [-0.4, -0.2) is 62.4 Å². The second-order valence-corrected chi connectivity index (χ2v) is 5.49. The van der Waals surface area contributed by atoms with E-state index < -0.39 is 6.09 Å². The summed E-state index contributed by atoms with van der Waals surface area (Å²) >= 11 is 0. The van der Waals surface area contributed by atoms with Crippen molar-refractivity contribution in [3.05, 3.63) is 30.0 Å². The molecule has 22 heavy (non-hydrogen) atoms. The number of nitrogens with one attached hydrogen (secondary N) is 1. The van der Waals surface area contributed by atoms with E-state index in [0.717, 1.165) is 29.6 Å². The number of carbonyl (C=O) groups excluding carboxylic acids is 1. The Bertz CT molecular complexity index is 637. The van der Waals surface area contributed by atoms with Gasteiger partial charge in [0.15, 0.2) is 6.73 Å². The number of hydrogen-bond donors (Lipinski definition) is 1. The maximum absolute atomic E-state index is 11.4. The lowest BCUT2D eigenvalue weighted by atomic mass is 10.1. The summed E-state index contributed by atoms with van der Waals surface area (Å²) in [6.45, 7) is 1.10. The lowest BCUT2D eigenvalue weighted by molar-refractivity contribution is 0.0988. The topological polar surface area (TPSA) is 57.8 Å². The van der Waals surface area contributed by atoms with E-state index in [9.17, 15) is 4.79 Å². The highest BCUT2D eigenvalue weighted by Crippen LogP contribution is 2.29. The van der Waals surface area contributed by atoms with Crippen molar-refractivity contribution in [1.82, 2.24) is 14.8 Å². The van der Waals surface area contributed by atoms with E-state index in [2.05, 4.69) is 28.7 Å². The van der Waals surface area contributed by atoms with Crippen LogP contribution in [0, 0.1) is 0 Å². The maximum atomic E-state index is 11.4. The van der Waals surface area contributed by atoms with E-state index in [-0.39, 0.29) is 6.73 Å². The summed E-state index contributed by atoms with van der Waals surface area (Å²) in [5, 5.41) is 1.07. The van der Waals surface area contributed by atoms with E-state index in [0.29, 0.717) is 0 Å². The summed E-state index contributed by atoms with van der Waals surface area (Å²) in [6, 6.07) is 5.87.